The first-order valence-electron chi connectivity index (χ1n) is 25.1. The van der Waals surface area contributed by atoms with Crippen LogP contribution in [0.3, 0.4) is 0 Å². The van der Waals surface area contributed by atoms with Crippen LogP contribution in [-0.2, 0) is 5.41 Å². The van der Waals surface area contributed by atoms with Gasteiger partial charge in [0.15, 0.2) is 0 Å². The summed E-state index contributed by atoms with van der Waals surface area (Å²) < 4.78 is 5.20. The van der Waals surface area contributed by atoms with Crippen LogP contribution in [0.4, 0.5) is 34.1 Å². The van der Waals surface area contributed by atoms with E-state index in [1.165, 1.54) is 106 Å². The largest absolute Gasteiger partial charge is 0.310 e. The zero-order valence-electron chi connectivity index (χ0n) is 39.5. The predicted molar refractivity (Wildman–Crippen MR) is 313 cm³/mol. The summed E-state index contributed by atoms with van der Waals surface area (Å²) in [5.74, 6) is 0. The summed E-state index contributed by atoms with van der Waals surface area (Å²) in [6.07, 6.45) is 0. The second-order valence-corrected chi connectivity index (χ2v) is 21.6. The maximum atomic E-state index is 2.58. The van der Waals surface area contributed by atoms with Gasteiger partial charge in [-0.05, 0) is 140 Å². The van der Waals surface area contributed by atoms with Crippen LogP contribution in [0.15, 0.2) is 255 Å². The van der Waals surface area contributed by atoms with Crippen molar-refractivity contribution in [1.29, 1.82) is 0 Å². The average Bonchev–Trinajstić information content (AvgIpc) is 4.19. The fourth-order valence-corrected chi connectivity index (χ4v) is 15.1. The molecule has 0 amide bonds. The van der Waals surface area contributed by atoms with Gasteiger partial charge < -0.3 is 9.80 Å². The summed E-state index contributed by atoms with van der Waals surface area (Å²) in [7, 11) is 0. The topological polar surface area (TPSA) is 6.48 Å². The van der Waals surface area contributed by atoms with Gasteiger partial charge in [-0.15, -0.1) is 22.7 Å². The maximum absolute atomic E-state index is 2.58. The Morgan fingerprint density at radius 1 is 0.247 bits per heavy atom. The molecule has 0 aliphatic heterocycles. The molecule has 2 heterocycles. The summed E-state index contributed by atoms with van der Waals surface area (Å²) in [5, 5.41) is 10.0. The van der Waals surface area contributed by atoms with Crippen LogP contribution in [0.5, 0.6) is 0 Å². The Hall–Kier alpha value is -8.80. The van der Waals surface area contributed by atoms with Crippen molar-refractivity contribution in [2.24, 2.45) is 0 Å². The number of anilines is 6. The molecule has 0 fully saturated rings. The molecule has 0 bridgehead atoms. The highest BCUT2D eigenvalue weighted by molar-refractivity contribution is 7.26. The number of thiophene rings is 2. The molecule has 14 aromatic rings. The third-order valence-corrected chi connectivity index (χ3v) is 18.1. The molecule has 2 aromatic heterocycles. The lowest BCUT2D eigenvalue weighted by molar-refractivity contribution is 0.795. The number of fused-ring (bicyclic) bond motifs is 20. The van der Waals surface area contributed by atoms with E-state index < -0.39 is 5.41 Å². The molecule has 340 valence electrons. The van der Waals surface area contributed by atoms with E-state index in [0.29, 0.717) is 0 Å². The van der Waals surface area contributed by atoms with Crippen molar-refractivity contribution in [1.82, 2.24) is 0 Å². The fraction of sp³-hybridized carbons (Fsp3) is 0.0145. The van der Waals surface area contributed by atoms with Crippen LogP contribution in [0.1, 0.15) is 22.3 Å². The Kier molecular flexibility index (Phi) is 8.74. The third-order valence-electron chi connectivity index (χ3n) is 15.8. The minimum absolute atomic E-state index is 0.666. The molecular weight excluding hydrogens is 921 g/mol. The van der Waals surface area contributed by atoms with E-state index in [2.05, 4.69) is 265 Å². The van der Waals surface area contributed by atoms with Crippen molar-refractivity contribution < 1.29 is 0 Å². The zero-order valence-corrected chi connectivity index (χ0v) is 41.1. The monoisotopic (exact) mass is 962 g/mol. The average molecular weight is 963 g/mol. The molecule has 73 heavy (non-hydrogen) atoms. The van der Waals surface area contributed by atoms with Gasteiger partial charge in [0.1, 0.15) is 0 Å². The first kappa shape index (κ1) is 40.9. The molecule has 0 saturated heterocycles. The minimum atomic E-state index is -0.666. The van der Waals surface area contributed by atoms with Crippen LogP contribution in [0.2, 0.25) is 0 Å². The molecule has 2 nitrogen and oxygen atoms in total. The van der Waals surface area contributed by atoms with Gasteiger partial charge in [-0.25, -0.2) is 0 Å². The van der Waals surface area contributed by atoms with E-state index in [4.69, 9.17) is 0 Å². The molecule has 2 aliphatic rings. The quantitative estimate of drug-likeness (QED) is 0.164. The van der Waals surface area contributed by atoms with Crippen LogP contribution < -0.4 is 9.80 Å². The Balaban J connectivity index is 1.04. The van der Waals surface area contributed by atoms with Crippen LogP contribution in [-0.4, -0.2) is 0 Å². The van der Waals surface area contributed by atoms with Crippen molar-refractivity contribution in [3.8, 4) is 22.3 Å². The second kappa shape index (κ2) is 15.6. The van der Waals surface area contributed by atoms with Gasteiger partial charge in [0.2, 0.25) is 0 Å². The normalized spacial score (nSPS) is 13.0. The first-order chi connectivity index (χ1) is 36.2. The standard InChI is InChI=1S/C69H42N2S2/c1-3-19-43(20-4-1)70(45-35-37-65-55(39-45)51-27-13-17-33-63(51)72-65)61-41-59-67(53-29-9-7-25-49(53)61)68-54-30-10-8-26-50(54)62(42-60(68)69(59)57-31-15-11-23-47(57)48-24-12-16-32-58(48)69)71(44-21-5-2-6-22-44)46-36-38-66-56(40-46)52-28-14-18-34-64(52)73-66/h1-42H. The number of rotatable bonds is 6. The molecule has 16 rings (SSSR count). The van der Waals surface area contributed by atoms with Gasteiger partial charge in [-0.3, -0.25) is 0 Å². The molecule has 2 aliphatic carbocycles. The molecule has 0 saturated carbocycles. The van der Waals surface area contributed by atoms with E-state index in [9.17, 15) is 0 Å². The summed E-state index contributed by atoms with van der Waals surface area (Å²) in [5.41, 5.74) is 16.5. The Morgan fingerprint density at radius 3 is 1.05 bits per heavy atom. The number of nitrogens with zero attached hydrogens (tertiary/aromatic N) is 2. The zero-order chi connectivity index (χ0) is 47.8. The van der Waals surface area contributed by atoms with E-state index in [1.807, 2.05) is 22.7 Å². The SMILES string of the molecule is c1ccc(N(c2ccc3sc4ccccc4c3c2)c2cc3c(c4ccccc24)-c2c(cc(N(c4ccccc4)c4ccc5sc6ccccc6c5c4)c4ccccc24)C32c3ccccc3-c3ccccc32)cc1. The number of benzene rings is 12. The predicted octanol–water partition coefficient (Wildman–Crippen LogP) is 20.0. The Labute approximate surface area is 430 Å². The van der Waals surface area contributed by atoms with E-state index >= 15 is 0 Å². The summed E-state index contributed by atoms with van der Waals surface area (Å²) in [4.78, 5) is 5.03. The van der Waals surface area contributed by atoms with Gasteiger partial charge in [-0.2, -0.15) is 0 Å². The Bertz CT molecular complexity index is 4290. The Morgan fingerprint density at radius 2 is 0.603 bits per heavy atom. The van der Waals surface area contributed by atoms with E-state index in [1.54, 1.807) is 0 Å². The maximum Gasteiger partial charge on any atom is 0.0727 e. The number of hydrogen-bond acceptors (Lipinski definition) is 4. The van der Waals surface area contributed by atoms with E-state index in [-0.39, 0.29) is 0 Å². The molecule has 1 spiro atoms. The van der Waals surface area contributed by atoms with Gasteiger partial charge in [-0.1, -0.05) is 170 Å². The highest BCUT2D eigenvalue weighted by atomic mass is 32.1. The smallest absolute Gasteiger partial charge is 0.0727 e. The molecular formula is C69H42N2S2. The summed E-state index contributed by atoms with van der Waals surface area (Å²) in [6.45, 7) is 0. The number of hydrogen-bond donors (Lipinski definition) is 0. The summed E-state index contributed by atoms with van der Waals surface area (Å²) >= 11 is 3.73. The van der Waals surface area contributed by atoms with Crippen molar-refractivity contribution in [2.75, 3.05) is 9.80 Å². The minimum Gasteiger partial charge on any atom is -0.310 e. The van der Waals surface area contributed by atoms with Crippen molar-refractivity contribution in [3.05, 3.63) is 277 Å². The lowest BCUT2D eigenvalue weighted by Crippen LogP contribution is -2.26. The molecule has 0 N–H and O–H groups in total. The second-order valence-electron chi connectivity index (χ2n) is 19.5. The third kappa shape index (κ3) is 5.73. The lowest BCUT2D eigenvalue weighted by atomic mass is 9.70. The van der Waals surface area contributed by atoms with Crippen LogP contribution in [0, 0.1) is 0 Å². The summed E-state index contributed by atoms with van der Waals surface area (Å²) in [6, 6.07) is 95.7. The van der Waals surface area contributed by atoms with Gasteiger partial charge in [0, 0.05) is 73.9 Å². The molecule has 4 heteroatoms. The first-order valence-corrected chi connectivity index (χ1v) is 26.7. The number of para-hydroxylation sites is 2. The highest BCUT2D eigenvalue weighted by Gasteiger charge is 2.53. The van der Waals surface area contributed by atoms with Crippen molar-refractivity contribution >= 4 is 119 Å². The fourth-order valence-electron chi connectivity index (χ4n) is 12.9. The molecule has 0 radical (unpaired) electrons. The van der Waals surface area contributed by atoms with Crippen molar-refractivity contribution in [2.45, 2.75) is 5.41 Å². The molecule has 0 atom stereocenters. The van der Waals surface area contributed by atoms with Gasteiger partial charge in [0.05, 0.1) is 16.8 Å². The highest BCUT2D eigenvalue weighted by Crippen LogP contribution is 2.67. The van der Waals surface area contributed by atoms with Gasteiger partial charge in [0.25, 0.3) is 0 Å². The lowest BCUT2D eigenvalue weighted by Gasteiger charge is -2.34. The molecule has 12 aromatic carbocycles. The van der Waals surface area contributed by atoms with Gasteiger partial charge >= 0.3 is 0 Å². The van der Waals surface area contributed by atoms with E-state index in [0.717, 1.165) is 34.1 Å². The van der Waals surface area contributed by atoms with Crippen molar-refractivity contribution in [3.63, 3.8) is 0 Å². The van der Waals surface area contributed by atoms with Crippen LogP contribution in [0.25, 0.3) is 84.1 Å². The van der Waals surface area contributed by atoms with Crippen LogP contribution >= 0.6 is 22.7 Å². The molecule has 0 unspecified atom stereocenters.